The van der Waals surface area contributed by atoms with E-state index in [1.54, 1.807) is 0 Å². The summed E-state index contributed by atoms with van der Waals surface area (Å²) in [5, 5.41) is 0. The molecule has 0 spiro atoms. The van der Waals surface area contributed by atoms with E-state index in [-0.39, 0.29) is 52.9 Å². The van der Waals surface area contributed by atoms with Crippen LogP contribution in [0.5, 0.6) is 0 Å². The van der Waals surface area contributed by atoms with E-state index in [9.17, 15) is 13.2 Å². The summed E-state index contributed by atoms with van der Waals surface area (Å²) >= 11 is 0. The Balaban J connectivity index is 0. The summed E-state index contributed by atoms with van der Waals surface area (Å²) in [7, 11) is 0. The molecule has 1 aliphatic carbocycles. The van der Waals surface area contributed by atoms with Gasteiger partial charge in [0.15, 0.2) is 0 Å². The first kappa shape index (κ1) is 13.6. The molecular formula is C5H6BrF3Mg. The molecule has 0 heterocycles. The van der Waals surface area contributed by atoms with Gasteiger partial charge < -0.3 is 23.9 Å². The Bertz CT molecular complexity index is 105. The molecule has 10 heavy (non-hydrogen) atoms. The fourth-order valence-electron chi connectivity index (χ4n) is 0.434. The SMILES string of the molecule is [Br-].[CH2-]C1(C(F)(F)F)CC1.[Mg+2]. The van der Waals surface area contributed by atoms with Crippen molar-refractivity contribution in [2.45, 2.75) is 19.0 Å². The average Bonchev–Trinajstić information content (AvgIpc) is 2.16. The van der Waals surface area contributed by atoms with Gasteiger partial charge in [-0.2, -0.15) is 13.2 Å². The zero-order valence-corrected chi connectivity index (χ0v) is 8.34. The topological polar surface area (TPSA) is 0 Å². The molecule has 0 bridgehead atoms. The van der Waals surface area contributed by atoms with Crippen LogP contribution in [0, 0.1) is 12.3 Å². The molecule has 1 fully saturated rings. The zero-order valence-electron chi connectivity index (χ0n) is 5.34. The Kier molecular flexibility index (Phi) is 4.93. The van der Waals surface area contributed by atoms with Crippen LogP contribution >= 0.6 is 0 Å². The van der Waals surface area contributed by atoms with Crippen molar-refractivity contribution in [2.75, 3.05) is 0 Å². The molecule has 0 radical (unpaired) electrons. The van der Waals surface area contributed by atoms with Gasteiger partial charge in [-0.15, -0.1) is 0 Å². The van der Waals surface area contributed by atoms with Gasteiger partial charge in [0.1, 0.15) is 0 Å². The van der Waals surface area contributed by atoms with Gasteiger partial charge in [-0.1, -0.05) is 18.3 Å². The van der Waals surface area contributed by atoms with Crippen molar-refractivity contribution in [3.05, 3.63) is 6.92 Å². The Hall–Kier alpha value is 1.04. The zero-order chi connectivity index (χ0) is 6.41. The number of hydrogen-bond acceptors (Lipinski definition) is 0. The molecule has 56 valence electrons. The second kappa shape index (κ2) is 3.62. The van der Waals surface area contributed by atoms with Crippen LogP contribution in [0.25, 0.3) is 0 Å². The van der Waals surface area contributed by atoms with Crippen molar-refractivity contribution >= 4 is 23.1 Å². The van der Waals surface area contributed by atoms with Gasteiger partial charge in [-0.3, -0.25) is 0 Å². The van der Waals surface area contributed by atoms with Crippen LogP contribution in [0.1, 0.15) is 12.8 Å². The first-order valence-electron chi connectivity index (χ1n) is 2.38. The maximum atomic E-state index is 11.6. The Morgan fingerprint density at radius 2 is 1.50 bits per heavy atom. The van der Waals surface area contributed by atoms with Gasteiger partial charge in [0, 0.05) is 0 Å². The maximum Gasteiger partial charge on any atom is 2.00 e. The Morgan fingerprint density at radius 3 is 1.50 bits per heavy atom. The third-order valence-electron chi connectivity index (χ3n) is 1.45. The third-order valence-corrected chi connectivity index (χ3v) is 1.45. The summed E-state index contributed by atoms with van der Waals surface area (Å²) in [4.78, 5) is 0. The fraction of sp³-hybridized carbons (Fsp3) is 0.800. The molecule has 0 aliphatic heterocycles. The van der Waals surface area contributed by atoms with Gasteiger partial charge >= 0.3 is 29.2 Å². The quantitative estimate of drug-likeness (QED) is 0.360. The number of alkyl halides is 3. The first-order chi connectivity index (χ1) is 3.46. The van der Waals surface area contributed by atoms with Crippen molar-refractivity contribution in [1.82, 2.24) is 0 Å². The summed E-state index contributed by atoms with van der Waals surface area (Å²) in [6.45, 7) is 3.03. The summed E-state index contributed by atoms with van der Waals surface area (Å²) in [5.41, 5.74) is -1.56. The number of hydrogen-bond donors (Lipinski definition) is 0. The second-order valence-electron chi connectivity index (χ2n) is 2.28. The summed E-state index contributed by atoms with van der Waals surface area (Å²) in [5.74, 6) is 0. The summed E-state index contributed by atoms with van der Waals surface area (Å²) < 4.78 is 34.7. The minimum Gasteiger partial charge on any atom is -1.00 e. The van der Waals surface area contributed by atoms with Crippen LogP contribution in [0.15, 0.2) is 0 Å². The average molecular weight is 227 g/mol. The van der Waals surface area contributed by atoms with Gasteiger partial charge in [-0.05, 0) is 0 Å². The van der Waals surface area contributed by atoms with Crippen molar-refractivity contribution in [3.63, 3.8) is 0 Å². The predicted octanol–water partition coefficient (Wildman–Crippen LogP) is -1.21. The first-order valence-corrected chi connectivity index (χ1v) is 2.38. The Labute approximate surface area is 84.5 Å². The molecule has 0 saturated heterocycles. The molecule has 1 aliphatic rings. The van der Waals surface area contributed by atoms with E-state index in [1.807, 2.05) is 0 Å². The van der Waals surface area contributed by atoms with E-state index in [2.05, 4.69) is 6.92 Å². The maximum absolute atomic E-state index is 11.6. The van der Waals surface area contributed by atoms with Crippen LogP contribution in [0.4, 0.5) is 13.2 Å². The van der Waals surface area contributed by atoms with Crippen LogP contribution in [0.2, 0.25) is 0 Å². The van der Waals surface area contributed by atoms with Crippen molar-refractivity contribution in [2.24, 2.45) is 5.41 Å². The molecule has 1 rings (SSSR count). The van der Waals surface area contributed by atoms with E-state index >= 15 is 0 Å². The van der Waals surface area contributed by atoms with Gasteiger partial charge in [-0.25, -0.2) is 0 Å². The minimum atomic E-state index is -4.06. The normalized spacial score (nSPS) is 20.4. The van der Waals surface area contributed by atoms with Crippen molar-refractivity contribution < 1.29 is 30.2 Å². The molecule has 0 aromatic heterocycles. The van der Waals surface area contributed by atoms with E-state index in [1.165, 1.54) is 0 Å². The number of halogens is 4. The molecule has 0 nitrogen and oxygen atoms in total. The molecule has 0 N–H and O–H groups in total. The summed E-state index contributed by atoms with van der Waals surface area (Å²) in [6.07, 6.45) is -3.65. The fourth-order valence-corrected chi connectivity index (χ4v) is 0.434. The van der Waals surface area contributed by atoms with Gasteiger partial charge in [0.05, 0.1) is 0 Å². The van der Waals surface area contributed by atoms with Crippen LogP contribution in [-0.2, 0) is 0 Å². The molecule has 1 saturated carbocycles. The van der Waals surface area contributed by atoms with Crippen LogP contribution in [0.3, 0.4) is 0 Å². The molecule has 0 aromatic rings. The summed E-state index contributed by atoms with van der Waals surface area (Å²) in [6, 6.07) is 0. The van der Waals surface area contributed by atoms with E-state index in [0.29, 0.717) is 0 Å². The van der Waals surface area contributed by atoms with Crippen molar-refractivity contribution in [1.29, 1.82) is 0 Å². The predicted molar refractivity (Wildman–Crippen MR) is 28.8 cm³/mol. The molecular weight excluding hydrogens is 221 g/mol. The standard InChI is InChI=1S/C5H6F3.BrH.Mg/c1-4(2-3-4)5(6,7)8;;/h1-3H2;1H;/q-1;;+2/p-1. The smallest absolute Gasteiger partial charge is 1.00 e. The number of rotatable bonds is 0. The largest absolute Gasteiger partial charge is 2.00 e. The van der Waals surface area contributed by atoms with E-state index in [0.717, 1.165) is 0 Å². The molecule has 0 amide bonds. The monoisotopic (exact) mass is 226 g/mol. The molecule has 0 aromatic carbocycles. The molecule has 5 heteroatoms. The van der Waals surface area contributed by atoms with Crippen LogP contribution in [-0.4, -0.2) is 29.2 Å². The Morgan fingerprint density at radius 1 is 1.20 bits per heavy atom. The molecule has 0 unspecified atom stereocenters. The van der Waals surface area contributed by atoms with Gasteiger partial charge in [0.2, 0.25) is 0 Å². The van der Waals surface area contributed by atoms with Crippen molar-refractivity contribution in [3.8, 4) is 0 Å². The van der Waals surface area contributed by atoms with Crippen LogP contribution < -0.4 is 17.0 Å². The van der Waals surface area contributed by atoms with E-state index < -0.39 is 11.6 Å². The minimum absolute atomic E-state index is 0. The van der Waals surface area contributed by atoms with E-state index in [4.69, 9.17) is 0 Å². The molecule has 0 atom stereocenters. The third kappa shape index (κ3) is 2.58. The second-order valence-corrected chi connectivity index (χ2v) is 2.28. The van der Waals surface area contributed by atoms with Gasteiger partial charge in [0.25, 0.3) is 0 Å².